The lowest BCUT2D eigenvalue weighted by Crippen LogP contribution is -2.17. The van der Waals surface area contributed by atoms with E-state index in [9.17, 15) is 4.39 Å². The Kier molecular flexibility index (Phi) is 5.46. The van der Waals surface area contributed by atoms with Gasteiger partial charge < -0.3 is 5.32 Å². The van der Waals surface area contributed by atoms with E-state index >= 15 is 0 Å². The van der Waals surface area contributed by atoms with E-state index in [-0.39, 0.29) is 17.1 Å². The topological polar surface area (TPSA) is 37.8 Å². The van der Waals surface area contributed by atoms with E-state index in [1.807, 2.05) is 6.92 Å². The van der Waals surface area contributed by atoms with Gasteiger partial charge in [0, 0.05) is 6.04 Å². The molecule has 90 valence electrons. The van der Waals surface area contributed by atoms with Crippen LogP contribution in [-0.2, 0) is 0 Å². The van der Waals surface area contributed by atoms with Gasteiger partial charge in [0.1, 0.15) is 0 Å². The Morgan fingerprint density at radius 1 is 1.50 bits per heavy atom. The minimum atomic E-state index is -0.466. The van der Waals surface area contributed by atoms with Gasteiger partial charge in [0.05, 0.1) is 6.20 Å². The summed E-state index contributed by atoms with van der Waals surface area (Å²) in [4.78, 5) is 7.37. The molecule has 0 spiro atoms. The van der Waals surface area contributed by atoms with Crippen LogP contribution in [0.2, 0.25) is 5.28 Å². The van der Waals surface area contributed by atoms with E-state index in [1.54, 1.807) is 0 Å². The summed E-state index contributed by atoms with van der Waals surface area (Å²) in [6.07, 6.45) is 5.58. The number of hydrogen-bond donors (Lipinski definition) is 1. The van der Waals surface area contributed by atoms with Crippen LogP contribution in [0.25, 0.3) is 0 Å². The van der Waals surface area contributed by atoms with Crippen LogP contribution in [0.15, 0.2) is 6.20 Å². The Hall–Kier alpha value is -0.900. The van der Waals surface area contributed by atoms with Crippen molar-refractivity contribution in [2.24, 2.45) is 0 Å². The van der Waals surface area contributed by atoms with Gasteiger partial charge in [-0.3, -0.25) is 0 Å². The minimum absolute atomic E-state index is 0.0599. The molecule has 0 amide bonds. The number of unbranched alkanes of at least 4 members (excludes halogenated alkanes) is 2. The van der Waals surface area contributed by atoms with Gasteiger partial charge in [0.15, 0.2) is 11.6 Å². The third-order valence-corrected chi connectivity index (χ3v) is 2.52. The molecule has 0 saturated heterocycles. The summed E-state index contributed by atoms with van der Waals surface area (Å²) in [5.41, 5.74) is 0. The van der Waals surface area contributed by atoms with Crippen LogP contribution >= 0.6 is 11.6 Å². The first kappa shape index (κ1) is 13.2. The van der Waals surface area contributed by atoms with Crippen LogP contribution < -0.4 is 5.32 Å². The molecule has 0 fully saturated rings. The van der Waals surface area contributed by atoms with Crippen LogP contribution in [0.3, 0.4) is 0 Å². The van der Waals surface area contributed by atoms with Gasteiger partial charge in [0.25, 0.3) is 0 Å². The van der Waals surface area contributed by atoms with Crippen molar-refractivity contribution >= 4 is 17.4 Å². The highest BCUT2D eigenvalue weighted by Crippen LogP contribution is 2.15. The van der Waals surface area contributed by atoms with Gasteiger partial charge in [-0.2, -0.15) is 4.98 Å². The second-order valence-electron chi connectivity index (χ2n) is 3.88. The molecule has 1 N–H and O–H groups in total. The number of hydrogen-bond acceptors (Lipinski definition) is 3. The largest absolute Gasteiger partial charge is 0.365 e. The van der Waals surface area contributed by atoms with Crippen LogP contribution in [0.5, 0.6) is 0 Å². The molecule has 1 rings (SSSR count). The monoisotopic (exact) mass is 245 g/mol. The molecule has 1 unspecified atom stereocenters. The molecule has 1 aromatic rings. The van der Waals surface area contributed by atoms with Gasteiger partial charge in [-0.05, 0) is 24.9 Å². The van der Waals surface area contributed by atoms with Crippen LogP contribution in [0, 0.1) is 5.82 Å². The van der Waals surface area contributed by atoms with Crippen molar-refractivity contribution in [3.63, 3.8) is 0 Å². The smallest absolute Gasteiger partial charge is 0.224 e. The summed E-state index contributed by atoms with van der Waals surface area (Å²) in [5.74, 6) is -0.282. The molecule has 0 aromatic carbocycles. The third-order valence-electron chi connectivity index (χ3n) is 2.34. The molecule has 1 aromatic heterocycles. The van der Waals surface area contributed by atoms with E-state index in [0.717, 1.165) is 19.0 Å². The fourth-order valence-electron chi connectivity index (χ4n) is 1.45. The predicted octanol–water partition coefficient (Wildman–Crippen LogP) is 3.65. The zero-order valence-corrected chi connectivity index (χ0v) is 10.4. The summed E-state index contributed by atoms with van der Waals surface area (Å²) < 4.78 is 13.3. The average molecular weight is 246 g/mol. The highest BCUT2D eigenvalue weighted by molar-refractivity contribution is 6.28. The molecule has 0 radical (unpaired) electrons. The molecule has 16 heavy (non-hydrogen) atoms. The third kappa shape index (κ3) is 4.31. The summed E-state index contributed by atoms with van der Waals surface area (Å²) in [7, 11) is 0. The van der Waals surface area contributed by atoms with Crippen LogP contribution in [-0.4, -0.2) is 16.0 Å². The van der Waals surface area contributed by atoms with E-state index < -0.39 is 5.82 Å². The lowest BCUT2D eigenvalue weighted by molar-refractivity contribution is 0.591. The first-order chi connectivity index (χ1) is 7.63. The first-order valence-corrected chi connectivity index (χ1v) is 5.96. The van der Waals surface area contributed by atoms with Crippen molar-refractivity contribution in [2.75, 3.05) is 5.32 Å². The van der Waals surface area contributed by atoms with E-state index in [1.165, 1.54) is 12.8 Å². The van der Waals surface area contributed by atoms with Crippen LogP contribution in [0.4, 0.5) is 10.2 Å². The minimum Gasteiger partial charge on any atom is -0.365 e. The standard InChI is InChI=1S/C11H17ClFN3/c1-3-4-5-6-8(2)15-10-9(13)7-14-11(12)16-10/h7-8H,3-6H2,1-2H3,(H,14,15,16). The van der Waals surface area contributed by atoms with Crippen molar-refractivity contribution in [2.45, 2.75) is 45.6 Å². The summed E-state index contributed by atoms with van der Waals surface area (Å²) in [5, 5.41) is 3.06. The molecule has 3 nitrogen and oxygen atoms in total. The number of rotatable bonds is 6. The SMILES string of the molecule is CCCCCC(C)Nc1nc(Cl)ncc1F. The van der Waals surface area contributed by atoms with E-state index in [4.69, 9.17) is 11.6 Å². The molecule has 0 aliphatic heterocycles. The lowest BCUT2D eigenvalue weighted by atomic mass is 10.1. The van der Waals surface area contributed by atoms with E-state index in [0.29, 0.717) is 0 Å². The fourth-order valence-corrected chi connectivity index (χ4v) is 1.59. The van der Waals surface area contributed by atoms with Crippen molar-refractivity contribution in [1.29, 1.82) is 0 Å². The van der Waals surface area contributed by atoms with Gasteiger partial charge in [-0.1, -0.05) is 26.2 Å². The second-order valence-corrected chi connectivity index (χ2v) is 4.21. The van der Waals surface area contributed by atoms with Crippen molar-refractivity contribution in [3.05, 3.63) is 17.3 Å². The lowest BCUT2D eigenvalue weighted by Gasteiger charge is -2.14. The van der Waals surface area contributed by atoms with Gasteiger partial charge in [-0.15, -0.1) is 0 Å². The Bertz CT molecular complexity index is 333. The molecule has 0 aliphatic carbocycles. The summed E-state index contributed by atoms with van der Waals surface area (Å²) in [6, 6.07) is 0.187. The Morgan fingerprint density at radius 3 is 2.94 bits per heavy atom. The maximum absolute atomic E-state index is 13.3. The van der Waals surface area contributed by atoms with Gasteiger partial charge in [-0.25, -0.2) is 9.37 Å². The summed E-state index contributed by atoms with van der Waals surface area (Å²) in [6.45, 7) is 4.16. The number of nitrogens with one attached hydrogen (secondary N) is 1. The molecule has 0 aliphatic rings. The molecular formula is C11H17ClFN3. The Balaban J connectivity index is 2.48. The van der Waals surface area contributed by atoms with Crippen LogP contribution in [0.1, 0.15) is 39.5 Å². The summed E-state index contributed by atoms with van der Waals surface area (Å²) >= 11 is 5.60. The average Bonchev–Trinajstić information content (AvgIpc) is 2.24. The number of aromatic nitrogens is 2. The predicted molar refractivity (Wildman–Crippen MR) is 64.2 cm³/mol. The molecular weight excluding hydrogens is 229 g/mol. The zero-order valence-electron chi connectivity index (χ0n) is 9.63. The van der Waals surface area contributed by atoms with Crippen molar-refractivity contribution in [3.8, 4) is 0 Å². The normalized spacial score (nSPS) is 12.5. The highest BCUT2D eigenvalue weighted by atomic mass is 35.5. The maximum atomic E-state index is 13.3. The molecule has 5 heteroatoms. The van der Waals surface area contributed by atoms with Crippen molar-refractivity contribution < 1.29 is 4.39 Å². The molecule has 0 saturated carbocycles. The Morgan fingerprint density at radius 2 is 2.25 bits per heavy atom. The number of anilines is 1. The molecule has 1 atom stereocenters. The first-order valence-electron chi connectivity index (χ1n) is 5.58. The molecule has 0 bridgehead atoms. The fraction of sp³-hybridized carbons (Fsp3) is 0.636. The highest BCUT2D eigenvalue weighted by Gasteiger charge is 2.08. The Labute approximate surface area is 100 Å². The van der Waals surface area contributed by atoms with Gasteiger partial charge >= 0.3 is 0 Å². The number of halogens is 2. The van der Waals surface area contributed by atoms with Crippen molar-refractivity contribution in [1.82, 2.24) is 9.97 Å². The zero-order chi connectivity index (χ0) is 12.0. The maximum Gasteiger partial charge on any atom is 0.224 e. The second kappa shape index (κ2) is 6.63. The van der Waals surface area contributed by atoms with Gasteiger partial charge in [0.2, 0.25) is 5.28 Å². The number of nitrogens with zero attached hydrogens (tertiary/aromatic N) is 2. The van der Waals surface area contributed by atoms with E-state index in [2.05, 4.69) is 22.2 Å². The quantitative estimate of drug-likeness (QED) is 0.614. The molecule has 1 heterocycles.